The minimum atomic E-state index is 0.574. The zero-order chi connectivity index (χ0) is 12.1. The molecule has 0 amide bonds. The summed E-state index contributed by atoms with van der Waals surface area (Å²) in [5.74, 6) is 1.31. The van der Waals surface area contributed by atoms with E-state index in [1.165, 1.54) is 0 Å². The maximum Gasteiger partial charge on any atom is 0.127 e. The molecule has 0 aliphatic heterocycles. The zero-order valence-electron chi connectivity index (χ0n) is 9.59. The molecule has 84 valence electrons. The van der Waals surface area contributed by atoms with Crippen LogP contribution < -0.4 is 4.74 Å². The van der Waals surface area contributed by atoms with Crippen molar-refractivity contribution >= 4 is 11.6 Å². The van der Waals surface area contributed by atoms with Gasteiger partial charge >= 0.3 is 0 Å². The molecule has 2 heteroatoms. The summed E-state index contributed by atoms with van der Waals surface area (Å²) in [7, 11) is 0. The van der Waals surface area contributed by atoms with Crippen LogP contribution in [0.15, 0.2) is 54.8 Å². The molecule has 1 rings (SSSR count). The average molecular weight is 235 g/mol. The van der Waals surface area contributed by atoms with Crippen LogP contribution in [-0.4, -0.2) is 0 Å². The number of hydrogen-bond acceptors (Lipinski definition) is 1. The first-order chi connectivity index (χ1) is 7.49. The molecule has 0 fully saturated rings. The van der Waals surface area contributed by atoms with Crippen molar-refractivity contribution in [1.82, 2.24) is 0 Å². The Kier molecular flexibility index (Phi) is 4.39. The van der Waals surface area contributed by atoms with Crippen LogP contribution in [0.4, 0.5) is 0 Å². The van der Waals surface area contributed by atoms with Crippen LogP contribution >= 0.6 is 11.6 Å². The van der Waals surface area contributed by atoms with E-state index in [0.29, 0.717) is 5.76 Å². The van der Waals surface area contributed by atoms with Gasteiger partial charge in [-0.3, -0.25) is 0 Å². The average Bonchev–Trinajstić information content (AvgIpc) is 2.21. The molecule has 0 spiro atoms. The zero-order valence-corrected chi connectivity index (χ0v) is 10.3. The first-order valence-corrected chi connectivity index (χ1v) is 5.33. The van der Waals surface area contributed by atoms with Crippen LogP contribution in [0.2, 0.25) is 5.02 Å². The number of hydrogen-bond donors (Lipinski definition) is 0. The molecular weight excluding hydrogens is 220 g/mol. The molecule has 16 heavy (non-hydrogen) atoms. The van der Waals surface area contributed by atoms with Gasteiger partial charge < -0.3 is 4.74 Å². The monoisotopic (exact) mass is 234 g/mol. The molecule has 1 nitrogen and oxygen atoms in total. The molecule has 0 aromatic heterocycles. The number of ether oxygens (including phenoxy) is 1. The van der Waals surface area contributed by atoms with E-state index in [9.17, 15) is 0 Å². The molecule has 0 unspecified atom stereocenters. The summed E-state index contributed by atoms with van der Waals surface area (Å²) < 4.78 is 5.52. The highest BCUT2D eigenvalue weighted by Gasteiger charge is 1.99. The highest BCUT2D eigenvalue weighted by molar-refractivity contribution is 6.31. The third-order valence-electron chi connectivity index (χ3n) is 1.93. The Bertz CT molecular complexity index is 444. The maximum atomic E-state index is 5.92. The van der Waals surface area contributed by atoms with Gasteiger partial charge in [-0.2, -0.15) is 0 Å². The van der Waals surface area contributed by atoms with Crippen LogP contribution in [-0.2, 0) is 0 Å². The largest absolute Gasteiger partial charge is 0.458 e. The second-order valence-corrected chi connectivity index (χ2v) is 4.07. The van der Waals surface area contributed by atoms with Crippen molar-refractivity contribution in [3.63, 3.8) is 0 Å². The Balaban J connectivity index is 2.70. The normalized spacial score (nSPS) is 10.4. The van der Waals surface area contributed by atoms with E-state index in [4.69, 9.17) is 16.3 Å². The van der Waals surface area contributed by atoms with E-state index in [1.807, 2.05) is 38.1 Å². The van der Waals surface area contributed by atoms with Crippen LogP contribution in [0.5, 0.6) is 5.75 Å². The standard InChI is InChI=1S/C14H15ClO/c1-10(2)5-6-12(4)16-13-7-8-14(15)11(3)9-13/h5-9H,1,4H2,2-3H3/b6-5-. The van der Waals surface area contributed by atoms with Crippen molar-refractivity contribution in [2.45, 2.75) is 13.8 Å². The van der Waals surface area contributed by atoms with Crippen molar-refractivity contribution in [2.75, 3.05) is 0 Å². The van der Waals surface area contributed by atoms with Gasteiger partial charge in [-0.05, 0) is 43.7 Å². The van der Waals surface area contributed by atoms with E-state index < -0.39 is 0 Å². The summed E-state index contributed by atoms with van der Waals surface area (Å²) in [4.78, 5) is 0. The molecule has 0 saturated heterocycles. The minimum absolute atomic E-state index is 0.574. The molecule has 0 bridgehead atoms. The highest BCUT2D eigenvalue weighted by atomic mass is 35.5. The lowest BCUT2D eigenvalue weighted by Crippen LogP contribution is -1.90. The third kappa shape index (κ3) is 3.95. The molecule has 0 saturated carbocycles. The predicted molar refractivity (Wildman–Crippen MR) is 69.9 cm³/mol. The molecule has 0 aliphatic carbocycles. The SMILES string of the molecule is C=C(C)/C=C\C(=C)Oc1ccc(Cl)c(C)c1. The summed E-state index contributed by atoms with van der Waals surface area (Å²) in [6, 6.07) is 5.50. The fourth-order valence-corrected chi connectivity index (χ4v) is 1.22. The van der Waals surface area contributed by atoms with E-state index >= 15 is 0 Å². The fourth-order valence-electron chi connectivity index (χ4n) is 1.10. The molecule has 0 heterocycles. The quantitative estimate of drug-likeness (QED) is 0.543. The van der Waals surface area contributed by atoms with Crippen molar-refractivity contribution in [2.24, 2.45) is 0 Å². The van der Waals surface area contributed by atoms with Crippen LogP contribution in [0.25, 0.3) is 0 Å². The molecule has 0 N–H and O–H groups in total. The lowest BCUT2D eigenvalue weighted by Gasteiger charge is -2.06. The van der Waals surface area contributed by atoms with Gasteiger partial charge in [-0.1, -0.05) is 36.4 Å². The van der Waals surface area contributed by atoms with Gasteiger partial charge in [0.05, 0.1) is 0 Å². The molecule has 0 atom stereocenters. The Morgan fingerprint density at radius 3 is 2.56 bits per heavy atom. The molecule has 1 aromatic carbocycles. The van der Waals surface area contributed by atoms with Crippen LogP contribution in [0.3, 0.4) is 0 Å². The summed E-state index contributed by atoms with van der Waals surface area (Å²) in [6.07, 6.45) is 3.64. The summed E-state index contributed by atoms with van der Waals surface area (Å²) in [5.41, 5.74) is 1.94. The van der Waals surface area contributed by atoms with Crippen molar-refractivity contribution in [3.05, 3.63) is 65.4 Å². The number of rotatable bonds is 4. The Morgan fingerprint density at radius 1 is 1.31 bits per heavy atom. The van der Waals surface area contributed by atoms with Gasteiger partial charge in [0.15, 0.2) is 0 Å². The lowest BCUT2D eigenvalue weighted by atomic mass is 10.2. The third-order valence-corrected chi connectivity index (χ3v) is 2.36. The minimum Gasteiger partial charge on any atom is -0.458 e. The molecule has 1 aromatic rings. The van der Waals surface area contributed by atoms with Gasteiger partial charge in [0.2, 0.25) is 0 Å². The summed E-state index contributed by atoms with van der Waals surface area (Å²) in [5, 5.41) is 0.732. The number of halogens is 1. The summed E-state index contributed by atoms with van der Waals surface area (Å²) >= 11 is 5.92. The lowest BCUT2D eigenvalue weighted by molar-refractivity contribution is 0.446. The Labute approximate surface area is 102 Å². The van der Waals surface area contributed by atoms with E-state index in [0.717, 1.165) is 21.9 Å². The smallest absolute Gasteiger partial charge is 0.127 e. The first kappa shape index (κ1) is 12.6. The van der Waals surface area contributed by atoms with Crippen molar-refractivity contribution in [1.29, 1.82) is 0 Å². The number of aryl methyl sites for hydroxylation is 1. The molecule has 0 radical (unpaired) electrons. The van der Waals surface area contributed by atoms with E-state index in [1.54, 1.807) is 6.08 Å². The maximum absolute atomic E-state index is 5.92. The van der Waals surface area contributed by atoms with Gasteiger partial charge in [-0.15, -0.1) is 0 Å². The van der Waals surface area contributed by atoms with Crippen molar-refractivity contribution < 1.29 is 4.74 Å². The predicted octanol–water partition coefficient (Wildman–Crippen LogP) is 4.67. The van der Waals surface area contributed by atoms with Crippen LogP contribution in [0, 0.1) is 6.92 Å². The summed E-state index contributed by atoms with van der Waals surface area (Å²) in [6.45, 7) is 11.4. The van der Waals surface area contributed by atoms with Crippen LogP contribution in [0.1, 0.15) is 12.5 Å². The van der Waals surface area contributed by atoms with Gasteiger partial charge in [0.25, 0.3) is 0 Å². The van der Waals surface area contributed by atoms with E-state index in [2.05, 4.69) is 13.2 Å². The topological polar surface area (TPSA) is 9.23 Å². The first-order valence-electron chi connectivity index (χ1n) is 4.95. The second-order valence-electron chi connectivity index (χ2n) is 3.66. The number of allylic oxidation sites excluding steroid dienone is 3. The van der Waals surface area contributed by atoms with E-state index in [-0.39, 0.29) is 0 Å². The Morgan fingerprint density at radius 2 is 2.00 bits per heavy atom. The van der Waals surface area contributed by atoms with Crippen molar-refractivity contribution in [3.8, 4) is 5.75 Å². The molecule has 0 aliphatic rings. The van der Waals surface area contributed by atoms with Gasteiger partial charge in [-0.25, -0.2) is 0 Å². The second kappa shape index (κ2) is 5.57. The van der Waals surface area contributed by atoms with Gasteiger partial charge in [0, 0.05) is 5.02 Å². The van der Waals surface area contributed by atoms with Gasteiger partial charge in [0.1, 0.15) is 11.5 Å². The number of benzene rings is 1. The highest BCUT2D eigenvalue weighted by Crippen LogP contribution is 2.22. The molecular formula is C14H15ClO. The Hall–Kier alpha value is -1.47. The fraction of sp³-hybridized carbons (Fsp3) is 0.143.